The Morgan fingerprint density at radius 1 is 0.975 bits per heavy atom. The van der Waals surface area contributed by atoms with E-state index < -0.39 is 87.7 Å². The maximum atomic E-state index is 16.2. The molecule has 0 radical (unpaired) electrons. The molecule has 1 aromatic heterocycles. The maximum absolute atomic E-state index is 16.2. The van der Waals surface area contributed by atoms with E-state index in [1.165, 1.54) is 60.5 Å². The van der Waals surface area contributed by atoms with Crippen LogP contribution in [0.1, 0.15) is 99.5 Å². The molecule has 0 saturated carbocycles. The molecule has 0 bridgehead atoms. The van der Waals surface area contributed by atoms with Crippen molar-refractivity contribution in [3.63, 3.8) is 0 Å². The summed E-state index contributed by atoms with van der Waals surface area (Å²) in [6.07, 6.45) is 0.128. The zero-order chi connectivity index (χ0) is 59.0. The molecule has 5 aromatic rings. The first-order valence-corrected chi connectivity index (χ1v) is 28.3. The first kappa shape index (κ1) is 62.2. The minimum atomic E-state index is -1.84. The van der Waals surface area contributed by atoms with Crippen LogP contribution in [-0.4, -0.2) is 121 Å². The predicted molar refractivity (Wildman–Crippen MR) is 306 cm³/mol. The number of ether oxygens (including phenoxy) is 3. The van der Waals surface area contributed by atoms with Crippen LogP contribution in [0.5, 0.6) is 5.75 Å². The van der Waals surface area contributed by atoms with Crippen LogP contribution in [0, 0.1) is 40.7 Å². The SMILES string of the molecule is COc1cc(C(=O)NCCOCCOCC(=O)N[C@H](C(=O)N2C[C@H](O)C[C@H]2C(=O)CCc2ccc(-c3scnc3C)cc2)C(C)(C)C)ccc1NC(=O)[C@@H]1N[C@@H](CC(C)(C)C)[C@](C#N)(c2ccc(Cl)cc2F)[C@H]1c1cccc(Cl)c1F. The van der Waals surface area contributed by atoms with E-state index in [0.29, 0.717) is 6.42 Å². The zero-order valence-corrected chi connectivity index (χ0v) is 48.9. The molecule has 7 atom stereocenters. The van der Waals surface area contributed by atoms with Crippen molar-refractivity contribution in [1.82, 2.24) is 25.8 Å². The van der Waals surface area contributed by atoms with Gasteiger partial charge in [-0.05, 0) is 83.7 Å². The van der Waals surface area contributed by atoms with Crippen LogP contribution in [0.3, 0.4) is 0 Å². The number of carbonyl (C=O) groups is 5. The number of aliphatic hydroxyl groups is 1. The summed E-state index contributed by atoms with van der Waals surface area (Å²) in [5.74, 6) is -5.23. The van der Waals surface area contributed by atoms with Crippen molar-refractivity contribution < 1.29 is 52.1 Å². The Bertz CT molecular complexity index is 3140. The first-order valence-electron chi connectivity index (χ1n) is 26.7. The number of nitrogens with zero attached hydrogens (tertiary/aromatic N) is 3. The second-order valence-corrected chi connectivity index (χ2v) is 24.4. The molecule has 5 N–H and O–H groups in total. The number of halogens is 4. The predicted octanol–water partition coefficient (Wildman–Crippen LogP) is 9.13. The van der Waals surface area contributed by atoms with Crippen LogP contribution in [0.25, 0.3) is 10.4 Å². The molecule has 3 heterocycles. The van der Waals surface area contributed by atoms with Crippen molar-refractivity contribution in [2.75, 3.05) is 51.9 Å². The monoisotopic (exact) mass is 1170 g/mol. The number of likely N-dealkylation sites (tertiary alicyclic amines) is 1. The number of carbonyl (C=O) groups excluding carboxylic acids is 5. The number of hydrogen-bond donors (Lipinski definition) is 5. The number of nitriles is 1. The molecule has 0 spiro atoms. The molecule has 2 saturated heterocycles. The minimum Gasteiger partial charge on any atom is -0.495 e. The molecular formula is C60H69Cl2F2N7O9S. The van der Waals surface area contributed by atoms with Crippen LogP contribution in [0.4, 0.5) is 14.5 Å². The second kappa shape index (κ2) is 26.7. The van der Waals surface area contributed by atoms with E-state index in [1.807, 2.05) is 52.0 Å². The molecule has 16 nitrogen and oxygen atoms in total. The van der Waals surface area contributed by atoms with Gasteiger partial charge in [-0.15, -0.1) is 11.3 Å². The summed E-state index contributed by atoms with van der Waals surface area (Å²) in [6, 6.07) is 18.8. The Kier molecular flexibility index (Phi) is 20.5. The van der Waals surface area contributed by atoms with Gasteiger partial charge < -0.3 is 45.5 Å². The van der Waals surface area contributed by atoms with Crippen molar-refractivity contribution >= 4 is 69.6 Å². The number of amides is 4. The van der Waals surface area contributed by atoms with Crippen molar-refractivity contribution in [1.29, 1.82) is 5.26 Å². The summed E-state index contributed by atoms with van der Waals surface area (Å²) >= 11 is 14.0. The van der Waals surface area contributed by atoms with Gasteiger partial charge in [0, 0.05) is 54.0 Å². The number of Topliss-reactive ketones (excluding diaryl/α,β-unsaturated/α-hetero) is 1. The molecule has 81 heavy (non-hydrogen) atoms. The molecule has 2 aliphatic heterocycles. The highest BCUT2D eigenvalue weighted by Crippen LogP contribution is 2.53. The lowest BCUT2D eigenvalue weighted by Gasteiger charge is -2.37. The van der Waals surface area contributed by atoms with Crippen molar-refractivity contribution in [2.24, 2.45) is 10.8 Å². The third-order valence-corrected chi connectivity index (χ3v) is 16.1. The number of ketones is 1. The Labute approximate surface area is 485 Å². The normalized spacial score (nSPS) is 20.3. The fraction of sp³-hybridized carbons (Fsp3) is 0.450. The lowest BCUT2D eigenvalue weighted by molar-refractivity contribution is -0.144. The number of hydrogen-bond acceptors (Lipinski definition) is 13. The van der Waals surface area contributed by atoms with Crippen LogP contribution < -0.4 is 26.0 Å². The van der Waals surface area contributed by atoms with Gasteiger partial charge in [-0.2, -0.15) is 5.26 Å². The quantitative estimate of drug-likeness (QED) is 0.0410. The number of β-amino-alcohol motifs (C(OH)–C–C–N with tert-alkyl or cyclic N) is 1. The Morgan fingerprint density at radius 3 is 2.36 bits per heavy atom. The minimum absolute atomic E-state index is 0.0142. The van der Waals surface area contributed by atoms with E-state index in [4.69, 9.17) is 37.4 Å². The third kappa shape index (κ3) is 14.8. The topological polar surface area (TPSA) is 221 Å². The average Bonchev–Trinajstić information content (AvgIpc) is 4.36. The number of rotatable bonds is 22. The maximum Gasteiger partial charge on any atom is 0.251 e. The van der Waals surface area contributed by atoms with Crippen LogP contribution in [0.2, 0.25) is 10.0 Å². The van der Waals surface area contributed by atoms with Gasteiger partial charge >= 0.3 is 0 Å². The van der Waals surface area contributed by atoms with Gasteiger partial charge in [-0.3, -0.25) is 24.0 Å². The molecule has 0 unspecified atom stereocenters. The van der Waals surface area contributed by atoms with Crippen LogP contribution >= 0.6 is 34.5 Å². The van der Waals surface area contributed by atoms with E-state index in [0.717, 1.165) is 27.8 Å². The van der Waals surface area contributed by atoms with E-state index in [-0.39, 0.29) is 103 Å². The number of thiazole rings is 1. The lowest BCUT2D eigenvalue weighted by atomic mass is 9.62. The lowest BCUT2D eigenvalue weighted by Crippen LogP contribution is -2.57. The van der Waals surface area contributed by atoms with Crippen molar-refractivity contribution in [2.45, 2.75) is 116 Å². The molecule has 0 aliphatic carbocycles. The number of aromatic nitrogens is 1. The van der Waals surface area contributed by atoms with Gasteiger partial charge in [-0.1, -0.05) is 107 Å². The summed E-state index contributed by atoms with van der Waals surface area (Å²) in [5.41, 5.74) is 1.92. The van der Waals surface area contributed by atoms with Gasteiger partial charge in [0.25, 0.3) is 5.91 Å². The smallest absolute Gasteiger partial charge is 0.251 e. The zero-order valence-electron chi connectivity index (χ0n) is 46.6. The molecule has 2 fully saturated rings. The highest BCUT2D eigenvalue weighted by molar-refractivity contribution is 7.13. The highest BCUT2D eigenvalue weighted by Gasteiger charge is 2.61. The molecule has 7 rings (SSSR count). The molecule has 432 valence electrons. The fourth-order valence-electron chi connectivity index (χ4n) is 10.6. The van der Waals surface area contributed by atoms with Gasteiger partial charge in [0.15, 0.2) is 5.78 Å². The number of anilines is 1. The molecule has 4 amide bonds. The number of aliphatic hydroxyl groups excluding tert-OH is 1. The van der Waals surface area contributed by atoms with Crippen molar-refractivity contribution in [3.05, 3.63) is 134 Å². The van der Waals surface area contributed by atoms with Crippen LogP contribution in [-0.2, 0) is 40.5 Å². The van der Waals surface area contributed by atoms with Gasteiger partial charge in [0.1, 0.15) is 35.4 Å². The summed E-state index contributed by atoms with van der Waals surface area (Å²) in [5, 5.41) is 33.3. The van der Waals surface area contributed by atoms with Gasteiger partial charge in [-0.25, -0.2) is 13.8 Å². The fourth-order valence-corrected chi connectivity index (χ4v) is 11.8. The first-order chi connectivity index (χ1) is 38.4. The largest absolute Gasteiger partial charge is 0.495 e. The van der Waals surface area contributed by atoms with E-state index in [2.05, 4.69) is 32.3 Å². The van der Waals surface area contributed by atoms with E-state index in [1.54, 1.807) is 37.6 Å². The Hall–Kier alpha value is -6.37. The number of nitrogens with one attached hydrogen (secondary N) is 4. The summed E-state index contributed by atoms with van der Waals surface area (Å²) < 4.78 is 49.1. The Balaban J connectivity index is 0.891. The van der Waals surface area contributed by atoms with Crippen LogP contribution in [0.15, 0.2) is 84.4 Å². The molecule has 21 heteroatoms. The van der Waals surface area contributed by atoms with E-state index >= 15 is 8.78 Å². The van der Waals surface area contributed by atoms with Gasteiger partial charge in [0.2, 0.25) is 17.7 Å². The highest BCUT2D eigenvalue weighted by atomic mass is 35.5. The second-order valence-electron chi connectivity index (χ2n) is 22.7. The Morgan fingerprint density at radius 2 is 1.70 bits per heavy atom. The summed E-state index contributed by atoms with van der Waals surface area (Å²) in [7, 11) is 1.35. The van der Waals surface area contributed by atoms with E-state index in [9.17, 15) is 34.3 Å². The van der Waals surface area contributed by atoms with Gasteiger partial charge in [0.05, 0.1) is 78.0 Å². The van der Waals surface area contributed by atoms with Crippen molar-refractivity contribution in [3.8, 4) is 22.3 Å². The number of aryl methyl sites for hydroxylation is 2. The number of methoxy groups -OCH3 is 1. The molecule has 4 aromatic carbocycles. The standard InChI is InChI=1S/C60H69Cl2F2N7O9S/c1-34-53(81-33-67-34)36-15-12-35(13-16-36)14-21-46(73)45-28-39(72)30-71(45)57(77)54(59(5,6)7)70-49(74)31-80-25-24-79-23-22-66-55(75)37-17-20-44(47(26-37)78-8)68-56(76)52-50(40-10-9-11-42(62)51(40)64)60(32-65,48(69-52)29-58(2,3)4)41-19-18-38(61)27-43(41)63/h9-13,15-20,26-27,33,39,45,48,50,52,54,69,72H,14,21-25,28-31H2,1-8H3,(H,66,75)(H,68,76)(H,70,74)/t39-,45+,48+,50+,52-,54-,60+/m1/s1. The molecular weight excluding hydrogens is 1100 g/mol. The summed E-state index contributed by atoms with van der Waals surface area (Å²) in [4.78, 5) is 75.5. The number of benzene rings is 4. The molecule has 2 aliphatic rings. The average molecular weight is 1170 g/mol. The third-order valence-electron chi connectivity index (χ3n) is 14.6. The summed E-state index contributed by atoms with van der Waals surface area (Å²) in [6.45, 7) is 13.0.